The second kappa shape index (κ2) is 15.2. The van der Waals surface area contributed by atoms with Gasteiger partial charge in [-0.1, -0.05) is 152 Å². The van der Waals surface area contributed by atoms with E-state index in [1.807, 2.05) is 12.1 Å². The first-order valence-corrected chi connectivity index (χ1v) is 18.5. The molecule has 0 saturated carbocycles. The van der Waals surface area contributed by atoms with Gasteiger partial charge in [0.25, 0.3) is 5.90 Å². The molecule has 0 bridgehead atoms. The number of halogens is 1. The molecule has 7 aromatic carbocycles. The van der Waals surface area contributed by atoms with Crippen molar-refractivity contribution < 1.29 is 4.74 Å². The maximum absolute atomic E-state index is 6.51. The lowest BCUT2D eigenvalue weighted by Gasteiger charge is -2.29. The Labute approximate surface area is 319 Å². The second-order valence-electron chi connectivity index (χ2n) is 12.7. The van der Waals surface area contributed by atoms with E-state index >= 15 is 0 Å². The van der Waals surface area contributed by atoms with E-state index in [0.29, 0.717) is 24.9 Å². The molecule has 4 nitrogen and oxygen atoms in total. The van der Waals surface area contributed by atoms with Gasteiger partial charge in [-0.3, -0.25) is 0 Å². The van der Waals surface area contributed by atoms with E-state index in [2.05, 4.69) is 198 Å². The lowest BCUT2D eigenvalue weighted by atomic mass is 9.91. The van der Waals surface area contributed by atoms with Gasteiger partial charge in [-0.25, -0.2) is 9.98 Å². The number of morpholine rings is 1. The van der Waals surface area contributed by atoms with Crippen LogP contribution in [0.25, 0.3) is 55.6 Å². The number of nitrogens with zero attached hydrogens (tertiary/aromatic N) is 3. The van der Waals surface area contributed by atoms with Crippen molar-refractivity contribution in [3.05, 3.63) is 179 Å². The molecule has 252 valence electrons. The minimum atomic E-state index is 0.495. The smallest absolute Gasteiger partial charge is 0.258 e. The zero-order valence-corrected chi connectivity index (χ0v) is 30.9. The summed E-state index contributed by atoms with van der Waals surface area (Å²) >= 11 is 2.41. The first kappa shape index (κ1) is 33.4. The van der Waals surface area contributed by atoms with Crippen LogP contribution in [-0.4, -0.2) is 36.8 Å². The SMILES string of the molecule is CN1CCOC(=Nc2c(-c3ccccc3)cc(I)cc2-c2ccccc2)C1=Nc1c(-c2ccccc2)cc(-c2ccccc2)cc1-c1ccccc1. The van der Waals surface area contributed by atoms with Gasteiger partial charge < -0.3 is 9.64 Å². The largest absolute Gasteiger partial charge is 0.473 e. The van der Waals surface area contributed by atoms with Crippen LogP contribution in [0.5, 0.6) is 0 Å². The van der Waals surface area contributed by atoms with Crippen LogP contribution in [0.15, 0.2) is 186 Å². The molecule has 8 rings (SSSR count). The standard InChI is InChI=1S/C47H36IN3O/c1-51-27-28-52-47(50-45-42(36-23-13-5-14-24-36)31-39(48)32-43(45)37-25-15-6-16-26-37)46(51)49-44-40(34-19-9-3-10-20-34)29-38(33-17-7-2-8-18-33)30-41(44)35-21-11-4-12-22-35/h2-26,29-32H,27-28H2,1H3. The Kier molecular flexibility index (Phi) is 9.76. The van der Waals surface area contributed by atoms with Crippen molar-refractivity contribution in [2.24, 2.45) is 9.98 Å². The summed E-state index contributed by atoms with van der Waals surface area (Å²) in [5, 5.41) is 0. The molecule has 0 spiro atoms. The van der Waals surface area contributed by atoms with Crippen LogP contribution in [0.2, 0.25) is 0 Å². The van der Waals surface area contributed by atoms with Gasteiger partial charge in [-0.2, -0.15) is 0 Å². The molecule has 1 heterocycles. The molecule has 7 aromatic rings. The summed E-state index contributed by atoms with van der Waals surface area (Å²) in [4.78, 5) is 13.2. The Morgan fingerprint density at radius 1 is 0.462 bits per heavy atom. The molecule has 0 aliphatic carbocycles. The zero-order valence-electron chi connectivity index (χ0n) is 28.8. The summed E-state index contributed by atoms with van der Waals surface area (Å²) < 4.78 is 7.64. The number of ether oxygens (including phenoxy) is 1. The Morgan fingerprint density at radius 3 is 1.25 bits per heavy atom. The van der Waals surface area contributed by atoms with Crippen LogP contribution in [-0.2, 0) is 4.74 Å². The van der Waals surface area contributed by atoms with Crippen LogP contribution in [0.3, 0.4) is 0 Å². The third-order valence-corrected chi connectivity index (χ3v) is 9.90. The van der Waals surface area contributed by atoms with E-state index in [1.165, 1.54) is 0 Å². The number of benzene rings is 7. The van der Waals surface area contributed by atoms with Crippen molar-refractivity contribution in [3.63, 3.8) is 0 Å². The summed E-state index contributed by atoms with van der Waals surface area (Å²) in [6, 6.07) is 61.5. The topological polar surface area (TPSA) is 37.2 Å². The van der Waals surface area contributed by atoms with Crippen LogP contribution >= 0.6 is 22.6 Å². The third-order valence-electron chi connectivity index (χ3n) is 9.28. The highest BCUT2D eigenvalue weighted by molar-refractivity contribution is 14.1. The van der Waals surface area contributed by atoms with Gasteiger partial charge in [0.15, 0.2) is 5.84 Å². The molecule has 1 saturated heterocycles. The van der Waals surface area contributed by atoms with Crippen molar-refractivity contribution in [2.75, 3.05) is 20.2 Å². The summed E-state index contributed by atoms with van der Waals surface area (Å²) in [6.45, 7) is 1.19. The maximum Gasteiger partial charge on any atom is 0.258 e. The Bertz CT molecular complexity index is 2260. The zero-order chi connectivity index (χ0) is 35.3. The van der Waals surface area contributed by atoms with Gasteiger partial charge >= 0.3 is 0 Å². The van der Waals surface area contributed by atoms with Gasteiger partial charge in [0, 0.05) is 32.9 Å². The Morgan fingerprint density at radius 2 is 0.827 bits per heavy atom. The van der Waals surface area contributed by atoms with Crippen LogP contribution < -0.4 is 0 Å². The molecule has 1 aliphatic rings. The first-order valence-electron chi connectivity index (χ1n) is 17.4. The fourth-order valence-electron chi connectivity index (χ4n) is 6.66. The van der Waals surface area contributed by atoms with E-state index < -0.39 is 0 Å². The van der Waals surface area contributed by atoms with Gasteiger partial charge in [-0.15, -0.1) is 0 Å². The second-order valence-corrected chi connectivity index (χ2v) is 14.0. The monoisotopic (exact) mass is 785 g/mol. The van der Waals surface area contributed by atoms with Crippen molar-refractivity contribution in [2.45, 2.75) is 0 Å². The van der Waals surface area contributed by atoms with Gasteiger partial charge in [-0.05, 0) is 80.2 Å². The van der Waals surface area contributed by atoms with E-state index in [9.17, 15) is 0 Å². The lowest BCUT2D eigenvalue weighted by Crippen LogP contribution is -2.42. The van der Waals surface area contributed by atoms with Gasteiger partial charge in [0.2, 0.25) is 0 Å². The van der Waals surface area contributed by atoms with Gasteiger partial charge in [0.1, 0.15) is 6.61 Å². The highest BCUT2D eigenvalue weighted by Crippen LogP contribution is 2.44. The van der Waals surface area contributed by atoms with Crippen molar-refractivity contribution in [3.8, 4) is 55.6 Å². The van der Waals surface area contributed by atoms with Crippen LogP contribution in [0.1, 0.15) is 0 Å². The van der Waals surface area contributed by atoms with E-state index in [0.717, 1.165) is 70.6 Å². The molecular weight excluding hydrogens is 749 g/mol. The summed E-state index contributed by atoms with van der Waals surface area (Å²) in [7, 11) is 2.07. The molecule has 5 heteroatoms. The van der Waals surface area contributed by atoms with E-state index in [-0.39, 0.29) is 0 Å². The molecule has 1 fully saturated rings. The normalized spacial score (nSPS) is 14.4. The highest BCUT2D eigenvalue weighted by Gasteiger charge is 2.26. The molecule has 0 amide bonds. The lowest BCUT2D eigenvalue weighted by molar-refractivity contribution is 0.252. The molecule has 52 heavy (non-hydrogen) atoms. The molecule has 0 radical (unpaired) electrons. The average Bonchev–Trinajstić information content (AvgIpc) is 3.21. The van der Waals surface area contributed by atoms with Crippen LogP contribution in [0, 0.1) is 3.57 Å². The Hall–Kier alpha value is -5.79. The maximum atomic E-state index is 6.51. The van der Waals surface area contributed by atoms with E-state index in [1.54, 1.807) is 0 Å². The average molecular weight is 786 g/mol. The fourth-order valence-corrected chi connectivity index (χ4v) is 7.28. The molecule has 1 aliphatic heterocycles. The molecular formula is C47H36IN3O. The summed E-state index contributed by atoms with van der Waals surface area (Å²) in [5.74, 6) is 1.18. The predicted octanol–water partition coefficient (Wildman–Crippen LogP) is 12.3. The number of hydrogen-bond acceptors (Lipinski definition) is 3. The predicted molar refractivity (Wildman–Crippen MR) is 226 cm³/mol. The van der Waals surface area contributed by atoms with Crippen molar-refractivity contribution in [1.82, 2.24) is 4.90 Å². The number of hydrogen-bond donors (Lipinski definition) is 0. The Balaban J connectivity index is 1.40. The first-order chi connectivity index (χ1) is 25.6. The minimum Gasteiger partial charge on any atom is -0.473 e. The quantitative estimate of drug-likeness (QED) is 0.151. The van der Waals surface area contributed by atoms with Gasteiger partial charge in [0.05, 0.1) is 17.9 Å². The third kappa shape index (κ3) is 7.05. The van der Waals surface area contributed by atoms with Crippen molar-refractivity contribution >= 4 is 45.7 Å². The van der Waals surface area contributed by atoms with Crippen molar-refractivity contribution in [1.29, 1.82) is 0 Å². The van der Waals surface area contributed by atoms with Crippen LogP contribution in [0.4, 0.5) is 11.4 Å². The molecule has 0 unspecified atom stereocenters. The molecule has 0 atom stereocenters. The number of aliphatic imine (C=N–C) groups is 2. The fraction of sp³-hybridized carbons (Fsp3) is 0.0638. The molecule has 0 N–H and O–H groups in total. The number of rotatable bonds is 7. The highest BCUT2D eigenvalue weighted by atomic mass is 127. The number of amidine groups is 1. The minimum absolute atomic E-state index is 0.495. The summed E-state index contributed by atoms with van der Waals surface area (Å²) in [6.07, 6.45) is 0. The number of likely N-dealkylation sites (N-methyl/N-ethyl adjacent to an activating group) is 1. The summed E-state index contributed by atoms with van der Waals surface area (Å²) in [5.41, 5.74) is 12.5. The van der Waals surface area contributed by atoms with E-state index in [4.69, 9.17) is 14.7 Å². The molecule has 0 aromatic heterocycles.